The maximum Gasteiger partial charge on any atom is 0.119 e. The van der Waals surface area contributed by atoms with Gasteiger partial charge in [0, 0.05) is 24.8 Å². The maximum absolute atomic E-state index is 6.23. The van der Waals surface area contributed by atoms with E-state index in [0.29, 0.717) is 0 Å². The number of nitrogens with two attached hydrogens (primary N) is 1. The SMILES string of the molecule is COc1ccc(N(C)CC2(N)CCC2)cc1. The zero-order valence-corrected chi connectivity index (χ0v) is 10.1. The molecule has 3 heteroatoms. The number of rotatable bonds is 4. The Balaban J connectivity index is 1.99. The summed E-state index contributed by atoms with van der Waals surface area (Å²) in [5.41, 5.74) is 7.46. The minimum Gasteiger partial charge on any atom is -0.497 e. The lowest BCUT2D eigenvalue weighted by Crippen LogP contribution is -2.54. The van der Waals surface area contributed by atoms with E-state index in [0.717, 1.165) is 25.1 Å². The van der Waals surface area contributed by atoms with Crippen molar-refractivity contribution >= 4 is 5.69 Å². The molecule has 0 atom stereocenters. The highest BCUT2D eigenvalue weighted by Crippen LogP contribution is 2.31. The van der Waals surface area contributed by atoms with Gasteiger partial charge in [-0.25, -0.2) is 0 Å². The summed E-state index contributed by atoms with van der Waals surface area (Å²) in [6, 6.07) is 8.10. The van der Waals surface area contributed by atoms with Gasteiger partial charge in [-0.1, -0.05) is 0 Å². The van der Waals surface area contributed by atoms with Crippen molar-refractivity contribution in [2.75, 3.05) is 25.6 Å². The van der Waals surface area contributed by atoms with E-state index in [1.165, 1.54) is 12.1 Å². The summed E-state index contributed by atoms with van der Waals surface area (Å²) in [5, 5.41) is 0. The van der Waals surface area contributed by atoms with E-state index < -0.39 is 0 Å². The molecular weight excluding hydrogens is 200 g/mol. The van der Waals surface area contributed by atoms with Gasteiger partial charge in [0.1, 0.15) is 5.75 Å². The van der Waals surface area contributed by atoms with Gasteiger partial charge in [0.15, 0.2) is 0 Å². The first-order valence-corrected chi connectivity index (χ1v) is 5.77. The summed E-state index contributed by atoms with van der Waals surface area (Å²) >= 11 is 0. The summed E-state index contributed by atoms with van der Waals surface area (Å²) in [7, 11) is 3.77. The van der Waals surface area contributed by atoms with Crippen LogP contribution in [0.2, 0.25) is 0 Å². The molecule has 1 aromatic carbocycles. The van der Waals surface area contributed by atoms with Crippen LogP contribution in [0.5, 0.6) is 5.75 Å². The molecule has 0 unspecified atom stereocenters. The lowest BCUT2D eigenvalue weighted by Gasteiger charge is -2.41. The Kier molecular flexibility index (Phi) is 3.06. The molecule has 0 bridgehead atoms. The van der Waals surface area contributed by atoms with Gasteiger partial charge in [-0.15, -0.1) is 0 Å². The second kappa shape index (κ2) is 4.34. The molecule has 0 heterocycles. The lowest BCUT2D eigenvalue weighted by molar-refractivity contribution is 0.255. The van der Waals surface area contributed by atoms with Gasteiger partial charge in [0.2, 0.25) is 0 Å². The Labute approximate surface area is 97.2 Å². The van der Waals surface area contributed by atoms with Crippen molar-refractivity contribution in [1.29, 1.82) is 0 Å². The van der Waals surface area contributed by atoms with Gasteiger partial charge < -0.3 is 15.4 Å². The molecule has 2 rings (SSSR count). The topological polar surface area (TPSA) is 38.5 Å². The van der Waals surface area contributed by atoms with Gasteiger partial charge in [0.05, 0.1) is 7.11 Å². The molecule has 0 saturated heterocycles. The highest BCUT2D eigenvalue weighted by atomic mass is 16.5. The van der Waals surface area contributed by atoms with Crippen molar-refractivity contribution in [3.63, 3.8) is 0 Å². The third kappa shape index (κ3) is 2.30. The molecule has 16 heavy (non-hydrogen) atoms. The van der Waals surface area contributed by atoms with Crippen LogP contribution >= 0.6 is 0 Å². The summed E-state index contributed by atoms with van der Waals surface area (Å²) in [6.07, 6.45) is 3.56. The second-order valence-electron chi connectivity index (χ2n) is 4.77. The summed E-state index contributed by atoms with van der Waals surface area (Å²) < 4.78 is 5.14. The van der Waals surface area contributed by atoms with Crippen molar-refractivity contribution in [2.45, 2.75) is 24.8 Å². The molecule has 1 aliphatic carbocycles. The maximum atomic E-state index is 6.23. The minimum absolute atomic E-state index is 0.0364. The first kappa shape index (κ1) is 11.3. The predicted molar refractivity (Wildman–Crippen MR) is 67.0 cm³/mol. The average molecular weight is 220 g/mol. The van der Waals surface area contributed by atoms with Crippen LogP contribution in [-0.2, 0) is 0 Å². The Morgan fingerprint density at radius 3 is 2.38 bits per heavy atom. The molecule has 88 valence electrons. The predicted octanol–water partition coefficient (Wildman–Crippen LogP) is 2.01. The number of nitrogens with zero attached hydrogens (tertiary/aromatic N) is 1. The van der Waals surface area contributed by atoms with Crippen LogP contribution < -0.4 is 15.4 Å². The average Bonchev–Trinajstić information content (AvgIpc) is 2.27. The highest BCUT2D eigenvalue weighted by Gasteiger charge is 2.33. The van der Waals surface area contributed by atoms with E-state index in [1.54, 1.807) is 7.11 Å². The fourth-order valence-corrected chi connectivity index (χ4v) is 2.19. The van der Waals surface area contributed by atoms with Crippen LogP contribution in [0.15, 0.2) is 24.3 Å². The molecule has 1 saturated carbocycles. The van der Waals surface area contributed by atoms with Crippen LogP contribution in [0.4, 0.5) is 5.69 Å². The van der Waals surface area contributed by atoms with Crippen molar-refractivity contribution in [1.82, 2.24) is 0 Å². The number of anilines is 1. The Morgan fingerprint density at radius 2 is 1.94 bits per heavy atom. The molecule has 1 aromatic rings. The monoisotopic (exact) mass is 220 g/mol. The molecule has 0 aliphatic heterocycles. The number of hydrogen-bond donors (Lipinski definition) is 1. The first-order valence-electron chi connectivity index (χ1n) is 5.77. The van der Waals surface area contributed by atoms with Gasteiger partial charge in [0.25, 0.3) is 0 Å². The molecule has 2 N–H and O–H groups in total. The Hall–Kier alpha value is -1.22. The molecule has 0 aromatic heterocycles. The van der Waals surface area contributed by atoms with Crippen molar-refractivity contribution in [3.05, 3.63) is 24.3 Å². The van der Waals surface area contributed by atoms with Gasteiger partial charge in [-0.2, -0.15) is 0 Å². The highest BCUT2D eigenvalue weighted by molar-refractivity contribution is 5.48. The molecule has 1 aliphatic rings. The third-order valence-corrected chi connectivity index (χ3v) is 3.41. The molecule has 0 radical (unpaired) electrons. The van der Waals surface area contributed by atoms with Crippen LogP contribution in [0.3, 0.4) is 0 Å². The van der Waals surface area contributed by atoms with E-state index in [9.17, 15) is 0 Å². The fraction of sp³-hybridized carbons (Fsp3) is 0.538. The molecule has 1 fully saturated rings. The van der Waals surface area contributed by atoms with Gasteiger partial charge in [-0.05, 0) is 43.5 Å². The van der Waals surface area contributed by atoms with Crippen LogP contribution in [-0.4, -0.2) is 26.2 Å². The fourth-order valence-electron chi connectivity index (χ4n) is 2.19. The quantitative estimate of drug-likeness (QED) is 0.843. The number of methoxy groups -OCH3 is 1. The van der Waals surface area contributed by atoms with Gasteiger partial charge in [-0.3, -0.25) is 0 Å². The van der Waals surface area contributed by atoms with E-state index in [-0.39, 0.29) is 5.54 Å². The summed E-state index contributed by atoms with van der Waals surface area (Å²) in [4.78, 5) is 2.22. The lowest BCUT2D eigenvalue weighted by atomic mass is 9.77. The van der Waals surface area contributed by atoms with E-state index in [2.05, 4.69) is 24.1 Å². The summed E-state index contributed by atoms with van der Waals surface area (Å²) in [6.45, 7) is 0.930. The van der Waals surface area contributed by atoms with E-state index in [1.807, 2.05) is 12.1 Å². The number of likely N-dealkylation sites (N-methyl/N-ethyl adjacent to an activating group) is 1. The minimum atomic E-state index is 0.0364. The van der Waals surface area contributed by atoms with Crippen molar-refractivity contribution in [2.24, 2.45) is 5.73 Å². The molecule has 3 nitrogen and oxygen atoms in total. The normalized spacial score (nSPS) is 17.7. The Morgan fingerprint density at radius 1 is 1.31 bits per heavy atom. The van der Waals surface area contributed by atoms with Gasteiger partial charge >= 0.3 is 0 Å². The zero-order valence-electron chi connectivity index (χ0n) is 10.1. The van der Waals surface area contributed by atoms with E-state index >= 15 is 0 Å². The second-order valence-corrected chi connectivity index (χ2v) is 4.77. The Bertz CT molecular complexity index is 343. The van der Waals surface area contributed by atoms with Crippen LogP contribution in [0, 0.1) is 0 Å². The molecule has 0 amide bonds. The smallest absolute Gasteiger partial charge is 0.119 e. The van der Waals surface area contributed by atoms with Crippen LogP contribution in [0.25, 0.3) is 0 Å². The van der Waals surface area contributed by atoms with Crippen molar-refractivity contribution in [3.8, 4) is 5.75 Å². The van der Waals surface area contributed by atoms with E-state index in [4.69, 9.17) is 10.5 Å². The number of hydrogen-bond acceptors (Lipinski definition) is 3. The van der Waals surface area contributed by atoms with Crippen LogP contribution in [0.1, 0.15) is 19.3 Å². The standard InChI is InChI=1S/C13H20N2O/c1-15(10-13(14)8-3-9-13)11-4-6-12(16-2)7-5-11/h4-7H,3,8-10,14H2,1-2H3. The molecular formula is C13H20N2O. The number of benzene rings is 1. The number of ether oxygens (including phenoxy) is 1. The first-order chi connectivity index (χ1) is 7.63. The summed E-state index contributed by atoms with van der Waals surface area (Å²) in [5.74, 6) is 0.892. The molecule has 0 spiro atoms. The third-order valence-electron chi connectivity index (χ3n) is 3.41. The van der Waals surface area contributed by atoms with Crippen molar-refractivity contribution < 1.29 is 4.74 Å². The zero-order chi connectivity index (χ0) is 11.6. The largest absolute Gasteiger partial charge is 0.497 e.